The number of aryl methyl sites for hydroxylation is 1. The summed E-state index contributed by atoms with van der Waals surface area (Å²) in [6.07, 6.45) is 0.517. The molecule has 0 aromatic heterocycles. The highest BCUT2D eigenvalue weighted by Crippen LogP contribution is 2.33. The Labute approximate surface area is 131 Å². The number of ether oxygens (including phenoxy) is 1. The second-order valence-electron chi connectivity index (χ2n) is 5.03. The van der Waals surface area contributed by atoms with Gasteiger partial charge in [0.1, 0.15) is 5.75 Å². The van der Waals surface area contributed by atoms with Gasteiger partial charge in [-0.2, -0.15) is 11.8 Å². The first-order chi connectivity index (χ1) is 9.38. The van der Waals surface area contributed by atoms with E-state index in [4.69, 9.17) is 16.3 Å². The Kier molecular flexibility index (Phi) is 6.90. The van der Waals surface area contributed by atoms with Gasteiger partial charge in [-0.05, 0) is 43.2 Å². The molecule has 0 saturated heterocycles. The van der Waals surface area contributed by atoms with Gasteiger partial charge in [0.05, 0.1) is 12.2 Å². The monoisotopic (exact) mass is 314 g/mol. The van der Waals surface area contributed by atoms with Crippen molar-refractivity contribution < 1.29 is 9.53 Å². The fraction of sp³-hybridized carbons (Fsp3) is 0.562. The number of hydrogen-bond donors (Lipinski definition) is 0. The summed E-state index contributed by atoms with van der Waals surface area (Å²) in [6, 6.07) is 1.86. The van der Waals surface area contributed by atoms with E-state index in [9.17, 15) is 4.79 Å². The van der Waals surface area contributed by atoms with E-state index in [0.29, 0.717) is 34.6 Å². The van der Waals surface area contributed by atoms with Crippen LogP contribution in [0, 0.1) is 13.8 Å². The number of carbonyl (C=O) groups is 1. The smallest absolute Gasteiger partial charge is 0.167 e. The van der Waals surface area contributed by atoms with Crippen LogP contribution in [0.1, 0.15) is 48.7 Å². The van der Waals surface area contributed by atoms with Crippen molar-refractivity contribution in [1.29, 1.82) is 0 Å². The maximum atomic E-state index is 12.5. The van der Waals surface area contributed by atoms with Gasteiger partial charge in [0, 0.05) is 17.2 Å². The Hall–Kier alpha value is -0.670. The lowest BCUT2D eigenvalue weighted by Crippen LogP contribution is -2.09. The van der Waals surface area contributed by atoms with Crippen molar-refractivity contribution in [3.63, 3.8) is 0 Å². The molecule has 0 spiro atoms. The van der Waals surface area contributed by atoms with Crippen LogP contribution >= 0.6 is 23.4 Å². The van der Waals surface area contributed by atoms with Gasteiger partial charge in [0.2, 0.25) is 0 Å². The predicted octanol–water partition coefficient (Wildman–Crippen LogP) is 5.07. The predicted molar refractivity (Wildman–Crippen MR) is 88.6 cm³/mol. The van der Waals surface area contributed by atoms with Gasteiger partial charge in [-0.15, -0.1) is 0 Å². The number of Topliss-reactive ketones (excluding diaryl/α,β-unsaturated/α-hetero) is 1. The van der Waals surface area contributed by atoms with Gasteiger partial charge in [0.15, 0.2) is 5.78 Å². The molecule has 0 aliphatic carbocycles. The summed E-state index contributed by atoms with van der Waals surface area (Å²) >= 11 is 8.06. The van der Waals surface area contributed by atoms with Gasteiger partial charge < -0.3 is 4.74 Å². The van der Waals surface area contributed by atoms with Crippen molar-refractivity contribution in [1.82, 2.24) is 0 Å². The van der Waals surface area contributed by atoms with Crippen molar-refractivity contribution in [3.8, 4) is 5.75 Å². The largest absolute Gasteiger partial charge is 0.493 e. The zero-order valence-corrected chi connectivity index (χ0v) is 14.5. The van der Waals surface area contributed by atoms with Gasteiger partial charge >= 0.3 is 0 Å². The summed E-state index contributed by atoms with van der Waals surface area (Å²) in [5, 5.41) is 1.20. The average Bonchev–Trinajstić information content (AvgIpc) is 2.36. The summed E-state index contributed by atoms with van der Waals surface area (Å²) in [5.41, 5.74) is 2.42. The second kappa shape index (κ2) is 7.94. The zero-order chi connectivity index (χ0) is 15.3. The van der Waals surface area contributed by atoms with E-state index in [1.165, 1.54) is 0 Å². The number of thioether (sulfide) groups is 1. The van der Waals surface area contributed by atoms with Gasteiger partial charge in [-0.25, -0.2) is 0 Å². The van der Waals surface area contributed by atoms with Crippen LogP contribution < -0.4 is 4.74 Å². The maximum Gasteiger partial charge on any atom is 0.167 e. The van der Waals surface area contributed by atoms with Crippen LogP contribution in [0.15, 0.2) is 6.07 Å². The highest BCUT2D eigenvalue weighted by Gasteiger charge is 2.19. The third-order valence-corrected chi connectivity index (χ3v) is 4.69. The number of carbonyl (C=O) groups excluding carboxylic acids is 1. The summed E-state index contributed by atoms with van der Waals surface area (Å²) in [4.78, 5) is 12.5. The molecule has 0 aliphatic heterocycles. The van der Waals surface area contributed by atoms with Crippen molar-refractivity contribution in [2.24, 2.45) is 0 Å². The lowest BCUT2D eigenvalue weighted by molar-refractivity contribution is 0.0985. The van der Waals surface area contributed by atoms with Crippen LogP contribution in [0.5, 0.6) is 5.75 Å². The van der Waals surface area contributed by atoms with E-state index in [2.05, 4.69) is 13.8 Å². The van der Waals surface area contributed by atoms with Crippen molar-refractivity contribution in [3.05, 3.63) is 27.8 Å². The molecule has 0 fully saturated rings. The molecule has 4 heteroatoms. The molecule has 0 heterocycles. The number of ketones is 1. The van der Waals surface area contributed by atoms with E-state index < -0.39 is 0 Å². The molecule has 1 aromatic rings. The van der Waals surface area contributed by atoms with Crippen molar-refractivity contribution in [2.45, 2.75) is 46.3 Å². The average molecular weight is 315 g/mol. The Morgan fingerprint density at radius 2 is 2.05 bits per heavy atom. The number of benzene rings is 1. The van der Waals surface area contributed by atoms with E-state index in [0.717, 1.165) is 16.9 Å². The van der Waals surface area contributed by atoms with Gasteiger partial charge in [-0.3, -0.25) is 4.79 Å². The molecular formula is C16H23ClO2S. The number of hydrogen-bond acceptors (Lipinski definition) is 3. The second-order valence-corrected chi connectivity index (χ2v) is 7.09. The fourth-order valence-corrected chi connectivity index (χ4v) is 2.97. The molecule has 20 heavy (non-hydrogen) atoms. The molecule has 0 saturated carbocycles. The quantitative estimate of drug-likeness (QED) is 0.657. The number of halogens is 1. The van der Waals surface area contributed by atoms with Crippen LogP contribution in [-0.2, 0) is 0 Å². The molecule has 112 valence electrons. The van der Waals surface area contributed by atoms with Crippen molar-refractivity contribution >= 4 is 29.1 Å². The van der Waals surface area contributed by atoms with Crippen LogP contribution in [-0.4, -0.2) is 23.4 Å². The molecule has 0 bridgehead atoms. The maximum absolute atomic E-state index is 12.5. The van der Waals surface area contributed by atoms with Crippen molar-refractivity contribution in [2.75, 3.05) is 12.4 Å². The van der Waals surface area contributed by atoms with Crippen LogP contribution in [0.2, 0.25) is 5.02 Å². The Morgan fingerprint density at radius 1 is 1.40 bits per heavy atom. The Morgan fingerprint density at radius 3 is 2.60 bits per heavy atom. The molecule has 0 amide bonds. The summed E-state index contributed by atoms with van der Waals surface area (Å²) in [5.74, 6) is 1.60. The molecule has 0 radical (unpaired) electrons. The van der Waals surface area contributed by atoms with Crippen LogP contribution in [0.25, 0.3) is 0 Å². The fourth-order valence-electron chi connectivity index (χ4n) is 2.05. The summed E-state index contributed by atoms with van der Waals surface area (Å²) in [6.45, 7) is 10.6. The SMILES string of the molecule is CCOc1cc(C)c(Cl)c(C)c1C(=O)CCSC(C)C. The van der Waals surface area contributed by atoms with E-state index >= 15 is 0 Å². The third kappa shape index (κ3) is 4.42. The molecule has 0 aliphatic rings. The molecule has 1 aromatic carbocycles. The van der Waals surface area contributed by atoms with E-state index in [1.54, 1.807) is 11.8 Å². The molecule has 1 rings (SSSR count). The zero-order valence-electron chi connectivity index (χ0n) is 12.9. The molecule has 2 nitrogen and oxygen atoms in total. The highest BCUT2D eigenvalue weighted by atomic mass is 35.5. The summed E-state index contributed by atoms with van der Waals surface area (Å²) in [7, 11) is 0. The number of rotatable bonds is 7. The molecule has 0 atom stereocenters. The Bertz CT molecular complexity index is 484. The normalized spacial score (nSPS) is 10.9. The standard InChI is InChI=1S/C16H23ClO2S/c1-6-19-14-9-11(4)16(17)12(5)15(14)13(18)7-8-20-10(2)3/h9-10H,6-8H2,1-5H3. The van der Waals surface area contributed by atoms with Crippen LogP contribution in [0.4, 0.5) is 0 Å². The Balaban J connectivity index is 3.02. The molecule has 0 unspecified atom stereocenters. The topological polar surface area (TPSA) is 26.3 Å². The van der Waals surface area contributed by atoms with Gasteiger partial charge in [-0.1, -0.05) is 25.4 Å². The molecular weight excluding hydrogens is 292 g/mol. The highest BCUT2D eigenvalue weighted by molar-refractivity contribution is 7.99. The minimum Gasteiger partial charge on any atom is -0.493 e. The first kappa shape index (κ1) is 17.4. The summed E-state index contributed by atoms with van der Waals surface area (Å²) < 4.78 is 5.62. The van der Waals surface area contributed by atoms with E-state index in [1.807, 2.05) is 26.8 Å². The minimum absolute atomic E-state index is 0.112. The third-order valence-electron chi connectivity index (χ3n) is 3.00. The van der Waals surface area contributed by atoms with Gasteiger partial charge in [0.25, 0.3) is 0 Å². The first-order valence-corrected chi connectivity index (χ1v) is 8.38. The molecule has 0 N–H and O–H groups in total. The van der Waals surface area contributed by atoms with Crippen LogP contribution in [0.3, 0.4) is 0 Å². The first-order valence-electron chi connectivity index (χ1n) is 6.95. The lowest BCUT2D eigenvalue weighted by atomic mass is 9.99. The lowest BCUT2D eigenvalue weighted by Gasteiger charge is -2.15. The van der Waals surface area contributed by atoms with E-state index in [-0.39, 0.29) is 5.78 Å². The minimum atomic E-state index is 0.112.